The van der Waals surface area contributed by atoms with Gasteiger partial charge < -0.3 is 0 Å². The highest BCUT2D eigenvalue weighted by Gasteiger charge is 2.39. The molecule has 0 aromatic heterocycles. The average molecular weight is 276 g/mol. The van der Waals surface area contributed by atoms with Crippen LogP contribution in [0, 0.1) is 5.92 Å². The maximum atomic E-state index is 12.2. The molecule has 0 radical (unpaired) electrons. The molecule has 0 spiro atoms. The van der Waals surface area contributed by atoms with Crippen molar-refractivity contribution in [2.75, 3.05) is 5.75 Å². The molecule has 18 heavy (non-hydrogen) atoms. The fraction of sp³-hybridized carbons (Fsp3) is 0.462. The number of carbonyl (C=O) groups excluding carboxylic acids is 1. The molecule has 5 heteroatoms. The standard InChI is InChI=1S/C13H15F3OS/c1-9(2)7-8-18-11-5-3-10(4-6-11)12(17)13(14,15)16/h3-6,9H,7-8H2,1-2H3. The van der Waals surface area contributed by atoms with Crippen molar-refractivity contribution >= 4 is 17.5 Å². The molecule has 1 rings (SSSR count). The summed E-state index contributed by atoms with van der Waals surface area (Å²) < 4.78 is 36.5. The van der Waals surface area contributed by atoms with Gasteiger partial charge in [-0.15, -0.1) is 11.8 Å². The summed E-state index contributed by atoms with van der Waals surface area (Å²) in [6, 6.07) is 5.58. The van der Waals surface area contributed by atoms with Gasteiger partial charge in [-0.3, -0.25) is 4.79 Å². The first-order valence-corrected chi connectivity index (χ1v) is 6.63. The van der Waals surface area contributed by atoms with Gasteiger partial charge in [0, 0.05) is 10.5 Å². The molecule has 1 aromatic carbocycles. The molecular formula is C13H15F3OS. The third-order valence-electron chi connectivity index (χ3n) is 2.34. The van der Waals surface area contributed by atoms with Gasteiger partial charge in [0.2, 0.25) is 0 Å². The Morgan fingerprint density at radius 2 is 1.78 bits per heavy atom. The van der Waals surface area contributed by atoms with Crippen molar-refractivity contribution in [2.45, 2.75) is 31.3 Å². The smallest absolute Gasteiger partial charge is 0.284 e. The zero-order valence-electron chi connectivity index (χ0n) is 10.3. The predicted molar refractivity (Wildman–Crippen MR) is 67.0 cm³/mol. The molecule has 0 aliphatic rings. The first-order valence-electron chi connectivity index (χ1n) is 5.65. The number of alkyl halides is 3. The number of thioether (sulfide) groups is 1. The Hall–Kier alpha value is -0.970. The van der Waals surface area contributed by atoms with E-state index in [1.54, 1.807) is 23.9 Å². The van der Waals surface area contributed by atoms with Crippen LogP contribution in [0.3, 0.4) is 0 Å². The van der Waals surface area contributed by atoms with Gasteiger partial charge in [0.1, 0.15) is 0 Å². The maximum absolute atomic E-state index is 12.2. The van der Waals surface area contributed by atoms with Crippen molar-refractivity contribution in [2.24, 2.45) is 5.92 Å². The van der Waals surface area contributed by atoms with E-state index in [1.807, 2.05) is 0 Å². The monoisotopic (exact) mass is 276 g/mol. The molecule has 1 aromatic rings. The number of rotatable bonds is 5. The summed E-state index contributed by atoms with van der Waals surface area (Å²) in [5.41, 5.74) is -0.310. The summed E-state index contributed by atoms with van der Waals surface area (Å²) in [5.74, 6) is -0.269. The summed E-state index contributed by atoms with van der Waals surface area (Å²) in [5, 5.41) is 0. The van der Waals surface area contributed by atoms with E-state index in [-0.39, 0.29) is 5.56 Å². The lowest BCUT2D eigenvalue weighted by atomic mass is 10.1. The van der Waals surface area contributed by atoms with Crippen molar-refractivity contribution in [1.82, 2.24) is 0 Å². The number of benzene rings is 1. The molecule has 100 valence electrons. The second-order valence-electron chi connectivity index (χ2n) is 4.38. The largest absolute Gasteiger partial charge is 0.454 e. The summed E-state index contributed by atoms with van der Waals surface area (Å²) in [7, 11) is 0. The minimum atomic E-state index is -4.80. The minimum absolute atomic E-state index is 0.310. The van der Waals surface area contributed by atoms with Crippen LogP contribution in [0.2, 0.25) is 0 Å². The van der Waals surface area contributed by atoms with Crippen LogP contribution >= 0.6 is 11.8 Å². The number of halogens is 3. The Balaban J connectivity index is 2.60. The SMILES string of the molecule is CC(C)CCSc1ccc(C(=O)C(F)(F)F)cc1. The Kier molecular flexibility index (Phi) is 5.26. The van der Waals surface area contributed by atoms with E-state index in [1.165, 1.54) is 12.1 Å². The lowest BCUT2D eigenvalue weighted by molar-refractivity contribution is -0.0885. The Morgan fingerprint density at radius 3 is 2.22 bits per heavy atom. The van der Waals surface area contributed by atoms with Gasteiger partial charge in [-0.2, -0.15) is 13.2 Å². The van der Waals surface area contributed by atoms with Crippen molar-refractivity contribution in [3.63, 3.8) is 0 Å². The van der Waals surface area contributed by atoms with E-state index >= 15 is 0 Å². The first-order chi connectivity index (χ1) is 8.30. The third-order valence-corrected chi connectivity index (χ3v) is 3.38. The predicted octanol–water partition coefficient (Wildman–Crippen LogP) is 4.57. The van der Waals surface area contributed by atoms with Gasteiger partial charge in [0.05, 0.1) is 0 Å². The maximum Gasteiger partial charge on any atom is 0.454 e. The highest BCUT2D eigenvalue weighted by molar-refractivity contribution is 7.99. The molecule has 0 fully saturated rings. The van der Waals surface area contributed by atoms with E-state index in [2.05, 4.69) is 13.8 Å². The Bertz CT molecular complexity index is 396. The number of hydrogen-bond donors (Lipinski definition) is 0. The summed E-state index contributed by atoms with van der Waals surface area (Å²) in [6.45, 7) is 4.23. The Labute approximate surface area is 109 Å². The quantitative estimate of drug-likeness (QED) is 0.579. The molecule has 0 aliphatic carbocycles. The lowest BCUT2D eigenvalue weighted by Crippen LogP contribution is -2.22. The molecule has 0 saturated heterocycles. The van der Waals surface area contributed by atoms with Gasteiger partial charge in [-0.05, 0) is 42.4 Å². The second kappa shape index (κ2) is 6.27. The summed E-state index contributed by atoms with van der Waals surface area (Å²) >= 11 is 1.58. The second-order valence-corrected chi connectivity index (χ2v) is 5.55. The molecule has 0 N–H and O–H groups in total. The normalized spacial score (nSPS) is 11.9. The third kappa shape index (κ3) is 4.72. The number of hydrogen-bond acceptors (Lipinski definition) is 2. The van der Waals surface area contributed by atoms with Crippen LogP contribution in [0.25, 0.3) is 0 Å². The lowest BCUT2D eigenvalue weighted by Gasteiger charge is -2.07. The zero-order chi connectivity index (χ0) is 13.8. The van der Waals surface area contributed by atoms with Gasteiger partial charge in [0.15, 0.2) is 0 Å². The summed E-state index contributed by atoms with van der Waals surface area (Å²) in [6.07, 6.45) is -3.75. The average Bonchev–Trinajstić information content (AvgIpc) is 2.27. The molecule has 0 amide bonds. The summed E-state index contributed by atoms with van der Waals surface area (Å²) in [4.78, 5) is 11.8. The van der Waals surface area contributed by atoms with Crippen molar-refractivity contribution in [1.29, 1.82) is 0 Å². The van der Waals surface area contributed by atoms with Crippen LogP contribution in [0.1, 0.15) is 30.6 Å². The van der Waals surface area contributed by atoms with Gasteiger partial charge in [-0.1, -0.05) is 13.8 Å². The fourth-order valence-electron chi connectivity index (χ4n) is 1.28. The first kappa shape index (κ1) is 15.1. The topological polar surface area (TPSA) is 17.1 Å². The minimum Gasteiger partial charge on any atom is -0.284 e. The van der Waals surface area contributed by atoms with E-state index in [9.17, 15) is 18.0 Å². The van der Waals surface area contributed by atoms with Crippen LogP contribution in [0.5, 0.6) is 0 Å². The van der Waals surface area contributed by atoms with Crippen molar-refractivity contribution < 1.29 is 18.0 Å². The van der Waals surface area contributed by atoms with Crippen LogP contribution in [0.4, 0.5) is 13.2 Å². The number of ketones is 1. The highest BCUT2D eigenvalue weighted by atomic mass is 32.2. The molecule has 1 nitrogen and oxygen atoms in total. The molecule has 0 bridgehead atoms. The van der Waals surface area contributed by atoms with Crippen LogP contribution in [-0.2, 0) is 0 Å². The Morgan fingerprint density at radius 1 is 1.22 bits per heavy atom. The van der Waals surface area contributed by atoms with E-state index in [0.29, 0.717) is 5.92 Å². The van der Waals surface area contributed by atoms with Crippen molar-refractivity contribution in [3.8, 4) is 0 Å². The van der Waals surface area contributed by atoms with E-state index in [0.717, 1.165) is 17.1 Å². The van der Waals surface area contributed by atoms with Crippen molar-refractivity contribution in [3.05, 3.63) is 29.8 Å². The van der Waals surface area contributed by atoms with Gasteiger partial charge >= 0.3 is 6.18 Å². The highest BCUT2D eigenvalue weighted by Crippen LogP contribution is 2.24. The molecule has 0 heterocycles. The van der Waals surface area contributed by atoms with Gasteiger partial charge in [-0.25, -0.2) is 0 Å². The molecule has 0 aliphatic heterocycles. The van der Waals surface area contributed by atoms with E-state index < -0.39 is 12.0 Å². The fourth-order valence-corrected chi connectivity index (χ4v) is 2.43. The van der Waals surface area contributed by atoms with Crippen LogP contribution in [-0.4, -0.2) is 17.7 Å². The molecule has 0 atom stereocenters. The molecular weight excluding hydrogens is 261 g/mol. The van der Waals surface area contributed by atoms with Crippen LogP contribution in [0.15, 0.2) is 29.2 Å². The van der Waals surface area contributed by atoms with E-state index in [4.69, 9.17) is 0 Å². The van der Waals surface area contributed by atoms with Gasteiger partial charge in [0.25, 0.3) is 5.78 Å². The zero-order valence-corrected chi connectivity index (χ0v) is 11.1. The van der Waals surface area contributed by atoms with Crippen LogP contribution < -0.4 is 0 Å². The molecule has 0 unspecified atom stereocenters. The molecule has 0 saturated carbocycles. The number of Topliss-reactive ketones (excluding diaryl/α,β-unsaturated/α-hetero) is 1. The number of carbonyl (C=O) groups is 1.